The Morgan fingerprint density at radius 2 is 0.604 bits per heavy atom. The SMILES string of the molecule is c1ccc(-c2ccc(CCc3cc(CCc4ccc(-c5ccccn5)cc4)cc(CCc4ccc(-c5ccccn5)cc4)c3)cc2)cc1. The number of nitrogens with zero attached hydrogens (tertiary/aromatic N) is 2. The Morgan fingerprint density at radius 1 is 0.271 bits per heavy atom. The van der Waals surface area contributed by atoms with Gasteiger partial charge in [-0.05, 0) is 107 Å². The third kappa shape index (κ3) is 8.21. The van der Waals surface area contributed by atoms with E-state index in [1.165, 1.54) is 44.5 Å². The lowest BCUT2D eigenvalue weighted by molar-refractivity contribution is 0.903. The summed E-state index contributed by atoms with van der Waals surface area (Å²) in [6.45, 7) is 0. The van der Waals surface area contributed by atoms with Crippen molar-refractivity contribution in [2.75, 3.05) is 0 Å². The summed E-state index contributed by atoms with van der Waals surface area (Å²) in [5.74, 6) is 0. The van der Waals surface area contributed by atoms with Crippen LogP contribution in [-0.4, -0.2) is 9.97 Å². The molecule has 0 unspecified atom stereocenters. The largest absolute Gasteiger partial charge is 0.256 e. The van der Waals surface area contributed by atoms with Crippen molar-refractivity contribution in [2.45, 2.75) is 38.5 Å². The fourth-order valence-electron chi connectivity index (χ4n) is 6.38. The normalized spacial score (nSPS) is 11.0. The van der Waals surface area contributed by atoms with Crippen LogP contribution in [0.4, 0.5) is 0 Å². The predicted molar refractivity (Wildman–Crippen MR) is 200 cm³/mol. The molecule has 2 heterocycles. The van der Waals surface area contributed by atoms with Crippen molar-refractivity contribution < 1.29 is 0 Å². The zero-order chi connectivity index (χ0) is 32.4. The fraction of sp³-hybridized carbons (Fsp3) is 0.130. The third-order valence-electron chi connectivity index (χ3n) is 9.11. The van der Waals surface area contributed by atoms with Crippen molar-refractivity contribution in [2.24, 2.45) is 0 Å². The van der Waals surface area contributed by atoms with Gasteiger partial charge in [0.2, 0.25) is 0 Å². The molecule has 0 amide bonds. The molecule has 0 N–H and O–H groups in total. The summed E-state index contributed by atoms with van der Waals surface area (Å²) in [7, 11) is 0. The topological polar surface area (TPSA) is 25.8 Å². The maximum Gasteiger partial charge on any atom is 0.0701 e. The van der Waals surface area contributed by atoms with Gasteiger partial charge in [0.15, 0.2) is 0 Å². The molecule has 234 valence electrons. The second-order valence-corrected chi connectivity index (χ2v) is 12.5. The zero-order valence-corrected chi connectivity index (χ0v) is 27.3. The van der Waals surface area contributed by atoms with Gasteiger partial charge in [0.1, 0.15) is 0 Å². The van der Waals surface area contributed by atoms with Crippen molar-refractivity contribution in [3.8, 4) is 33.6 Å². The Labute approximate surface area is 284 Å². The van der Waals surface area contributed by atoms with Crippen LogP contribution in [0.1, 0.15) is 33.4 Å². The quantitative estimate of drug-likeness (QED) is 0.136. The molecule has 2 heteroatoms. The summed E-state index contributed by atoms with van der Waals surface area (Å²) in [6.07, 6.45) is 9.84. The Morgan fingerprint density at radius 3 is 0.979 bits per heavy atom. The molecule has 7 aromatic rings. The van der Waals surface area contributed by atoms with Gasteiger partial charge in [-0.3, -0.25) is 9.97 Å². The van der Waals surface area contributed by atoms with Crippen LogP contribution < -0.4 is 0 Å². The van der Waals surface area contributed by atoms with E-state index in [1.807, 2.05) is 36.7 Å². The maximum atomic E-state index is 4.50. The van der Waals surface area contributed by atoms with Crippen molar-refractivity contribution in [1.29, 1.82) is 0 Å². The van der Waals surface area contributed by atoms with E-state index >= 15 is 0 Å². The Bertz CT molecular complexity index is 1760. The maximum absolute atomic E-state index is 4.50. The summed E-state index contributed by atoms with van der Waals surface area (Å²) in [4.78, 5) is 9.01. The number of aromatic nitrogens is 2. The molecular weight excluding hydrogens is 581 g/mol. The second-order valence-electron chi connectivity index (χ2n) is 12.5. The summed E-state index contributed by atoms with van der Waals surface area (Å²) in [6, 6.07) is 56.9. The van der Waals surface area contributed by atoms with Crippen LogP contribution in [0, 0.1) is 0 Å². The van der Waals surface area contributed by atoms with Crippen molar-refractivity contribution in [1.82, 2.24) is 9.97 Å². The molecule has 0 radical (unpaired) electrons. The molecule has 48 heavy (non-hydrogen) atoms. The molecular formula is C46H40N2. The first kappa shape index (κ1) is 31.0. The molecule has 0 aliphatic carbocycles. The van der Waals surface area contributed by atoms with Crippen LogP contribution in [0.3, 0.4) is 0 Å². The van der Waals surface area contributed by atoms with Gasteiger partial charge in [0, 0.05) is 23.5 Å². The molecule has 0 aliphatic rings. The minimum Gasteiger partial charge on any atom is -0.256 e. The average molecular weight is 621 g/mol. The number of aryl methyl sites for hydroxylation is 6. The van der Waals surface area contributed by atoms with E-state index in [2.05, 4.69) is 143 Å². The fourth-order valence-corrected chi connectivity index (χ4v) is 6.38. The lowest BCUT2D eigenvalue weighted by Crippen LogP contribution is -2.00. The molecule has 5 aromatic carbocycles. The summed E-state index contributed by atoms with van der Waals surface area (Å²) in [5, 5.41) is 0. The predicted octanol–water partition coefficient (Wildman–Crippen LogP) is 10.8. The van der Waals surface area contributed by atoms with Crippen LogP contribution >= 0.6 is 0 Å². The van der Waals surface area contributed by atoms with E-state index in [9.17, 15) is 0 Å². The van der Waals surface area contributed by atoms with E-state index in [0.717, 1.165) is 61.0 Å². The second kappa shape index (κ2) is 15.3. The van der Waals surface area contributed by atoms with E-state index in [1.54, 1.807) is 0 Å². The molecule has 2 nitrogen and oxygen atoms in total. The van der Waals surface area contributed by atoms with E-state index in [-0.39, 0.29) is 0 Å². The first-order valence-corrected chi connectivity index (χ1v) is 17.0. The molecule has 0 saturated carbocycles. The van der Waals surface area contributed by atoms with Gasteiger partial charge in [0.25, 0.3) is 0 Å². The highest BCUT2D eigenvalue weighted by Gasteiger charge is 2.07. The van der Waals surface area contributed by atoms with Gasteiger partial charge in [-0.15, -0.1) is 0 Å². The van der Waals surface area contributed by atoms with Crippen LogP contribution in [-0.2, 0) is 38.5 Å². The molecule has 7 rings (SSSR count). The highest BCUT2D eigenvalue weighted by atomic mass is 14.7. The molecule has 0 aliphatic heterocycles. The van der Waals surface area contributed by atoms with Crippen LogP contribution in [0.2, 0.25) is 0 Å². The monoisotopic (exact) mass is 620 g/mol. The number of benzene rings is 5. The summed E-state index contributed by atoms with van der Waals surface area (Å²) < 4.78 is 0. The minimum absolute atomic E-state index is 1.02. The third-order valence-corrected chi connectivity index (χ3v) is 9.11. The summed E-state index contributed by atoms with van der Waals surface area (Å²) in [5.41, 5.74) is 15.2. The highest BCUT2D eigenvalue weighted by molar-refractivity contribution is 5.63. The zero-order valence-electron chi connectivity index (χ0n) is 27.3. The first-order chi connectivity index (χ1) is 23.7. The van der Waals surface area contributed by atoms with Crippen molar-refractivity contribution >= 4 is 0 Å². The van der Waals surface area contributed by atoms with E-state index in [0.29, 0.717) is 0 Å². The highest BCUT2D eigenvalue weighted by Crippen LogP contribution is 2.23. The molecule has 0 fully saturated rings. The molecule has 0 spiro atoms. The first-order valence-electron chi connectivity index (χ1n) is 17.0. The van der Waals surface area contributed by atoms with Crippen LogP contribution in [0.25, 0.3) is 33.6 Å². The Hall–Kier alpha value is -5.60. The van der Waals surface area contributed by atoms with Gasteiger partial charge < -0.3 is 0 Å². The number of rotatable bonds is 12. The molecule has 0 bridgehead atoms. The van der Waals surface area contributed by atoms with Gasteiger partial charge in [-0.2, -0.15) is 0 Å². The van der Waals surface area contributed by atoms with Gasteiger partial charge in [-0.1, -0.05) is 133 Å². The van der Waals surface area contributed by atoms with E-state index in [4.69, 9.17) is 0 Å². The average Bonchev–Trinajstić information content (AvgIpc) is 3.17. The Balaban J connectivity index is 1.05. The number of hydrogen-bond donors (Lipinski definition) is 0. The standard InChI is InChI=1S/C46H40N2/c1-2-8-41(9-3-1)42-24-18-35(19-25-42)12-15-38-32-39(16-13-36-20-26-43(27-21-36)45-10-4-6-30-47-45)34-40(33-38)17-14-37-22-28-44(29-23-37)46-11-5-7-31-48-46/h1-11,18-34H,12-17H2. The smallest absolute Gasteiger partial charge is 0.0701 e. The van der Waals surface area contributed by atoms with Crippen LogP contribution in [0.5, 0.6) is 0 Å². The van der Waals surface area contributed by atoms with Crippen molar-refractivity contribution in [3.63, 3.8) is 0 Å². The lowest BCUT2D eigenvalue weighted by atomic mass is 9.93. The molecule has 2 aromatic heterocycles. The van der Waals surface area contributed by atoms with Gasteiger partial charge in [0.05, 0.1) is 11.4 Å². The Kier molecular flexibility index (Phi) is 9.91. The number of hydrogen-bond acceptors (Lipinski definition) is 2. The molecule has 0 atom stereocenters. The summed E-state index contributed by atoms with van der Waals surface area (Å²) >= 11 is 0. The van der Waals surface area contributed by atoms with Gasteiger partial charge >= 0.3 is 0 Å². The lowest BCUT2D eigenvalue weighted by Gasteiger charge is -2.12. The molecule has 0 saturated heterocycles. The van der Waals surface area contributed by atoms with Crippen LogP contribution in [0.15, 0.2) is 170 Å². The van der Waals surface area contributed by atoms with E-state index < -0.39 is 0 Å². The number of pyridine rings is 2. The van der Waals surface area contributed by atoms with Crippen molar-refractivity contribution in [3.05, 3.63) is 203 Å². The minimum atomic E-state index is 1.02. The van der Waals surface area contributed by atoms with Gasteiger partial charge in [-0.25, -0.2) is 0 Å².